The summed E-state index contributed by atoms with van der Waals surface area (Å²) in [6, 6.07) is 0.00511. The van der Waals surface area contributed by atoms with Gasteiger partial charge in [-0.2, -0.15) is 0 Å². The maximum atomic E-state index is 13.0. The highest BCUT2D eigenvalue weighted by molar-refractivity contribution is 5.89. The van der Waals surface area contributed by atoms with Crippen LogP contribution in [0.3, 0.4) is 0 Å². The number of carbonyl (C=O) groups is 1. The summed E-state index contributed by atoms with van der Waals surface area (Å²) < 4.78 is 12.2. The predicted octanol–water partition coefficient (Wildman–Crippen LogP) is 2.21. The number of aromatic nitrogens is 2. The quantitative estimate of drug-likeness (QED) is 0.847. The van der Waals surface area contributed by atoms with Crippen LogP contribution in [0.2, 0.25) is 0 Å². The van der Waals surface area contributed by atoms with E-state index in [0.29, 0.717) is 12.8 Å². The molecule has 1 aromatic heterocycles. The van der Waals surface area contributed by atoms with Crippen molar-refractivity contribution in [3.8, 4) is 0 Å². The van der Waals surface area contributed by atoms with Crippen LogP contribution in [-0.4, -0.2) is 45.3 Å². The maximum absolute atomic E-state index is 13.0. The van der Waals surface area contributed by atoms with Crippen molar-refractivity contribution in [3.63, 3.8) is 0 Å². The number of ether oxygens (including phenoxy) is 2. The lowest BCUT2D eigenvalue weighted by atomic mass is 9.76. The molecule has 128 valence electrons. The van der Waals surface area contributed by atoms with E-state index in [4.69, 9.17) is 9.47 Å². The first-order chi connectivity index (χ1) is 11.8. The second-order valence-electron chi connectivity index (χ2n) is 7.66. The number of fused-ring (bicyclic) bond motifs is 1. The number of carbonyl (C=O) groups excluding carboxylic acids is 1. The third-order valence-electron chi connectivity index (χ3n) is 6.15. The van der Waals surface area contributed by atoms with Crippen molar-refractivity contribution >= 4 is 5.91 Å². The van der Waals surface area contributed by atoms with E-state index in [0.717, 1.165) is 31.1 Å². The summed E-state index contributed by atoms with van der Waals surface area (Å²) in [6.07, 6.45) is 12.3. The van der Waals surface area contributed by atoms with Crippen LogP contribution >= 0.6 is 0 Å². The van der Waals surface area contributed by atoms with Crippen molar-refractivity contribution in [1.82, 2.24) is 14.9 Å². The lowest BCUT2D eigenvalue weighted by molar-refractivity contribution is -0.178. The number of amides is 1. The first kappa shape index (κ1) is 14.8. The average molecular weight is 329 g/mol. The summed E-state index contributed by atoms with van der Waals surface area (Å²) in [5.41, 5.74) is 0.238. The van der Waals surface area contributed by atoms with Gasteiger partial charge in [0.2, 0.25) is 0 Å². The molecular weight excluding hydrogens is 306 g/mol. The van der Waals surface area contributed by atoms with E-state index in [-0.39, 0.29) is 24.3 Å². The van der Waals surface area contributed by atoms with Crippen molar-refractivity contribution in [3.05, 3.63) is 24.3 Å². The summed E-state index contributed by atoms with van der Waals surface area (Å²) in [5.74, 6) is 0.870. The average Bonchev–Trinajstić information content (AvgIpc) is 3.05. The van der Waals surface area contributed by atoms with Crippen molar-refractivity contribution in [2.45, 2.75) is 68.9 Å². The fraction of sp³-hybridized carbons (Fsp3) is 0.722. The molecular formula is C18H23N3O3. The fourth-order valence-corrected chi connectivity index (χ4v) is 4.48. The number of nitrogens with zero attached hydrogens (tertiary/aromatic N) is 3. The Morgan fingerprint density at radius 3 is 2.83 bits per heavy atom. The Kier molecular flexibility index (Phi) is 3.38. The molecule has 0 unspecified atom stereocenters. The largest absolute Gasteiger partial charge is 0.378 e. The number of hydrogen-bond donors (Lipinski definition) is 0. The molecule has 2 aliphatic heterocycles. The minimum Gasteiger partial charge on any atom is -0.378 e. The molecule has 1 spiro atoms. The normalized spacial score (nSPS) is 38.2. The second kappa shape index (κ2) is 5.49. The lowest BCUT2D eigenvalue weighted by Crippen LogP contribution is -2.55. The van der Waals surface area contributed by atoms with Crippen LogP contribution in [0.15, 0.2) is 18.6 Å². The minimum atomic E-state index is -0.629. The molecule has 1 amide bonds. The van der Waals surface area contributed by atoms with Crippen LogP contribution in [0.25, 0.3) is 0 Å². The molecule has 6 nitrogen and oxygen atoms in total. The molecule has 2 saturated carbocycles. The molecule has 0 bridgehead atoms. The molecule has 5 rings (SSSR count). The Bertz CT molecular complexity index is 628. The van der Waals surface area contributed by atoms with E-state index in [2.05, 4.69) is 9.97 Å². The Morgan fingerprint density at radius 2 is 2.12 bits per heavy atom. The van der Waals surface area contributed by atoms with Gasteiger partial charge in [0.15, 0.2) is 5.60 Å². The highest BCUT2D eigenvalue weighted by Gasteiger charge is 2.63. The zero-order valence-corrected chi connectivity index (χ0v) is 13.8. The molecule has 2 saturated heterocycles. The van der Waals surface area contributed by atoms with Crippen LogP contribution in [0.5, 0.6) is 0 Å². The van der Waals surface area contributed by atoms with E-state index in [1.807, 2.05) is 4.90 Å². The zero-order valence-electron chi connectivity index (χ0n) is 13.8. The molecule has 4 aliphatic rings. The van der Waals surface area contributed by atoms with E-state index in [1.54, 1.807) is 18.6 Å². The van der Waals surface area contributed by atoms with Crippen molar-refractivity contribution in [1.29, 1.82) is 0 Å². The standard InChI is InChI=1S/C18H23N3O3/c22-17-18(8-13(9-18)23-11-12-2-1-3-12)24-16-5-4-15(21(16)17)14-10-19-6-7-20-14/h6-7,10,12-13,15-16H,1-5,8-9,11H2/t13?,15-,16+,18?/m0/s1. The zero-order chi connectivity index (χ0) is 16.1. The van der Waals surface area contributed by atoms with Crippen molar-refractivity contribution < 1.29 is 14.3 Å². The highest BCUT2D eigenvalue weighted by Crippen LogP contribution is 2.51. The minimum absolute atomic E-state index is 0.00511. The van der Waals surface area contributed by atoms with Crippen LogP contribution in [0.1, 0.15) is 56.7 Å². The van der Waals surface area contributed by atoms with E-state index < -0.39 is 5.60 Å². The van der Waals surface area contributed by atoms with E-state index in [1.165, 1.54) is 19.3 Å². The smallest absolute Gasteiger partial charge is 0.257 e. The SMILES string of the molecule is O=C1N2[C@@H](CC[C@H]2c2cnccn2)OC12CC(OCC1CCC1)C2. The highest BCUT2D eigenvalue weighted by atomic mass is 16.6. The molecule has 2 atom stereocenters. The summed E-state index contributed by atoms with van der Waals surface area (Å²) >= 11 is 0. The van der Waals surface area contributed by atoms with E-state index in [9.17, 15) is 4.79 Å². The first-order valence-corrected chi connectivity index (χ1v) is 9.13. The Hall–Kier alpha value is -1.53. The topological polar surface area (TPSA) is 64.6 Å². The van der Waals surface area contributed by atoms with Gasteiger partial charge in [-0.3, -0.25) is 14.8 Å². The van der Waals surface area contributed by atoms with Gasteiger partial charge in [-0.15, -0.1) is 0 Å². The summed E-state index contributed by atoms with van der Waals surface area (Å²) in [7, 11) is 0. The summed E-state index contributed by atoms with van der Waals surface area (Å²) in [4.78, 5) is 23.5. The molecule has 1 aromatic rings. The van der Waals surface area contributed by atoms with Crippen molar-refractivity contribution in [2.75, 3.05) is 6.61 Å². The first-order valence-electron chi connectivity index (χ1n) is 9.13. The van der Waals surface area contributed by atoms with Crippen molar-refractivity contribution in [2.24, 2.45) is 5.92 Å². The van der Waals surface area contributed by atoms with Gasteiger partial charge in [0, 0.05) is 31.8 Å². The molecule has 2 aliphatic carbocycles. The predicted molar refractivity (Wildman–Crippen MR) is 84.8 cm³/mol. The number of rotatable bonds is 4. The van der Waals surface area contributed by atoms with Crippen LogP contribution < -0.4 is 0 Å². The molecule has 0 N–H and O–H groups in total. The van der Waals surface area contributed by atoms with Gasteiger partial charge in [0.05, 0.1) is 24.0 Å². The fourth-order valence-electron chi connectivity index (χ4n) is 4.48. The molecule has 0 aromatic carbocycles. The van der Waals surface area contributed by atoms with Crippen LogP contribution in [0.4, 0.5) is 0 Å². The molecule has 24 heavy (non-hydrogen) atoms. The van der Waals surface area contributed by atoms with Gasteiger partial charge in [-0.25, -0.2) is 0 Å². The van der Waals surface area contributed by atoms with Gasteiger partial charge in [-0.05, 0) is 31.6 Å². The van der Waals surface area contributed by atoms with Gasteiger partial charge in [0.1, 0.15) is 6.23 Å². The molecule has 6 heteroatoms. The van der Waals surface area contributed by atoms with Crippen LogP contribution in [0, 0.1) is 5.92 Å². The Morgan fingerprint density at radius 1 is 1.25 bits per heavy atom. The third-order valence-corrected chi connectivity index (χ3v) is 6.15. The van der Waals surface area contributed by atoms with Crippen LogP contribution in [-0.2, 0) is 14.3 Å². The summed E-state index contributed by atoms with van der Waals surface area (Å²) in [6.45, 7) is 0.851. The van der Waals surface area contributed by atoms with E-state index >= 15 is 0 Å². The second-order valence-corrected chi connectivity index (χ2v) is 7.66. The summed E-state index contributed by atoms with van der Waals surface area (Å²) in [5, 5.41) is 0. The molecule has 0 radical (unpaired) electrons. The van der Waals surface area contributed by atoms with Gasteiger partial charge in [-0.1, -0.05) is 6.42 Å². The van der Waals surface area contributed by atoms with Gasteiger partial charge >= 0.3 is 0 Å². The van der Waals surface area contributed by atoms with Gasteiger partial charge < -0.3 is 14.4 Å². The van der Waals surface area contributed by atoms with Gasteiger partial charge in [0.25, 0.3) is 5.91 Å². The molecule has 3 heterocycles. The Balaban J connectivity index is 1.24. The third kappa shape index (κ3) is 2.19. The lowest BCUT2D eigenvalue weighted by Gasteiger charge is -2.43. The Labute approximate surface area is 141 Å². The monoisotopic (exact) mass is 329 g/mol. The number of hydrogen-bond acceptors (Lipinski definition) is 5. The molecule has 4 fully saturated rings. The maximum Gasteiger partial charge on any atom is 0.257 e.